The van der Waals surface area contributed by atoms with Crippen LogP contribution in [0.4, 0.5) is 13.2 Å². The molecule has 1 aromatic rings. The third-order valence-electron chi connectivity index (χ3n) is 5.12. The van der Waals surface area contributed by atoms with Gasteiger partial charge in [-0.2, -0.15) is 13.2 Å². The molecule has 0 amide bonds. The number of guanidine groups is 1. The van der Waals surface area contributed by atoms with Gasteiger partial charge in [-0.1, -0.05) is 24.3 Å². The molecule has 25 heavy (non-hydrogen) atoms. The summed E-state index contributed by atoms with van der Waals surface area (Å²) in [4.78, 5) is 6.55. The Morgan fingerprint density at radius 1 is 1.32 bits per heavy atom. The monoisotopic (exact) mass is 349 g/mol. The van der Waals surface area contributed by atoms with Gasteiger partial charge in [0, 0.05) is 25.7 Å². The van der Waals surface area contributed by atoms with Gasteiger partial charge in [0.25, 0.3) is 0 Å². The van der Waals surface area contributed by atoms with Gasteiger partial charge < -0.3 is 10.2 Å². The third-order valence-corrected chi connectivity index (χ3v) is 5.12. The number of benzene rings is 1. The van der Waals surface area contributed by atoms with Crippen LogP contribution in [0.25, 0.3) is 0 Å². The molecule has 1 saturated carbocycles. The zero-order valence-corrected chi connectivity index (χ0v) is 14.3. The molecule has 134 valence electrons. The van der Waals surface area contributed by atoms with Gasteiger partial charge >= 0.3 is 6.18 Å². The van der Waals surface area contributed by atoms with E-state index in [1.165, 1.54) is 31.7 Å². The lowest BCUT2D eigenvalue weighted by Crippen LogP contribution is -2.42. The largest absolute Gasteiger partial charge is 0.416 e. The molecule has 3 nitrogen and oxygen atoms in total. The first-order valence-corrected chi connectivity index (χ1v) is 8.54. The van der Waals surface area contributed by atoms with Crippen LogP contribution in [0.3, 0.4) is 0 Å². The fourth-order valence-corrected chi connectivity index (χ4v) is 3.58. The topological polar surface area (TPSA) is 27.6 Å². The summed E-state index contributed by atoms with van der Waals surface area (Å²) >= 11 is 0. The molecule has 3 rings (SSSR count). The van der Waals surface area contributed by atoms with E-state index in [0.29, 0.717) is 17.5 Å². The summed E-state index contributed by atoms with van der Waals surface area (Å²) in [6.07, 6.45) is 0.794. The maximum absolute atomic E-state index is 12.7. The van der Waals surface area contributed by atoms with Crippen molar-refractivity contribution in [3.63, 3.8) is 0 Å². The van der Waals surface area contributed by atoms with Crippen LogP contribution in [-0.4, -0.2) is 37.5 Å². The van der Waals surface area contributed by atoms with E-state index in [1.807, 2.05) is 0 Å². The Bertz CT molecular complexity index is 709. The van der Waals surface area contributed by atoms with Crippen molar-refractivity contribution in [1.29, 1.82) is 0 Å². The Balaban J connectivity index is 1.55. The zero-order chi connectivity index (χ0) is 17.9. The van der Waals surface area contributed by atoms with Crippen LogP contribution in [0.15, 0.2) is 29.3 Å². The van der Waals surface area contributed by atoms with E-state index in [4.69, 9.17) is 0 Å². The number of hydrogen-bond acceptors (Lipinski definition) is 1. The van der Waals surface area contributed by atoms with E-state index in [1.54, 1.807) is 13.1 Å². The van der Waals surface area contributed by atoms with Crippen molar-refractivity contribution in [3.05, 3.63) is 35.4 Å². The van der Waals surface area contributed by atoms with E-state index < -0.39 is 11.7 Å². The van der Waals surface area contributed by atoms with Crippen molar-refractivity contribution < 1.29 is 13.2 Å². The summed E-state index contributed by atoms with van der Waals surface area (Å²) in [7, 11) is 1.74. The van der Waals surface area contributed by atoms with Crippen LogP contribution < -0.4 is 5.32 Å². The van der Waals surface area contributed by atoms with E-state index in [-0.39, 0.29) is 0 Å². The lowest BCUT2D eigenvalue weighted by atomic mass is 9.68. The van der Waals surface area contributed by atoms with Crippen LogP contribution in [0.2, 0.25) is 0 Å². The first-order chi connectivity index (χ1) is 11.9. The molecule has 6 heteroatoms. The second kappa shape index (κ2) is 6.99. The highest BCUT2D eigenvalue weighted by Crippen LogP contribution is 2.47. The van der Waals surface area contributed by atoms with Crippen molar-refractivity contribution >= 4 is 5.96 Å². The van der Waals surface area contributed by atoms with Crippen molar-refractivity contribution in [2.45, 2.75) is 31.9 Å². The Hall–Kier alpha value is -2.16. The Morgan fingerprint density at radius 2 is 2.12 bits per heavy atom. The zero-order valence-electron chi connectivity index (χ0n) is 14.3. The van der Waals surface area contributed by atoms with Crippen LogP contribution >= 0.6 is 0 Å². The molecule has 1 aromatic carbocycles. The number of nitrogens with one attached hydrogen (secondary N) is 1. The number of likely N-dealkylation sites (tertiary alicyclic amines) is 1. The molecule has 1 aliphatic heterocycles. The fourth-order valence-electron chi connectivity index (χ4n) is 3.58. The van der Waals surface area contributed by atoms with Gasteiger partial charge in [-0.25, -0.2) is 0 Å². The molecule has 1 heterocycles. The number of aliphatic imine (C=N–C) groups is 1. The molecule has 0 aromatic heterocycles. The third kappa shape index (κ3) is 4.09. The summed E-state index contributed by atoms with van der Waals surface area (Å²) in [6, 6.07) is 5.08. The number of nitrogens with zero attached hydrogens (tertiary/aromatic N) is 2. The summed E-state index contributed by atoms with van der Waals surface area (Å²) in [5.74, 6) is 6.48. The van der Waals surface area contributed by atoms with Crippen molar-refractivity contribution in [2.75, 3.05) is 26.7 Å². The normalized spacial score (nSPS) is 19.4. The van der Waals surface area contributed by atoms with E-state index >= 15 is 0 Å². The van der Waals surface area contributed by atoms with Crippen molar-refractivity contribution in [2.24, 2.45) is 10.4 Å². The molecule has 1 saturated heterocycles. The molecule has 1 spiro atoms. The first-order valence-electron chi connectivity index (χ1n) is 8.54. The maximum Gasteiger partial charge on any atom is 0.416 e. The van der Waals surface area contributed by atoms with Crippen LogP contribution in [-0.2, 0) is 6.18 Å². The summed E-state index contributed by atoms with van der Waals surface area (Å²) in [6.45, 7) is 2.39. The van der Waals surface area contributed by atoms with E-state index in [2.05, 4.69) is 27.0 Å². The molecule has 1 N–H and O–H groups in total. The van der Waals surface area contributed by atoms with Gasteiger partial charge in [0.15, 0.2) is 5.96 Å². The van der Waals surface area contributed by atoms with Gasteiger partial charge in [-0.05, 0) is 42.9 Å². The van der Waals surface area contributed by atoms with Crippen molar-refractivity contribution in [1.82, 2.24) is 10.2 Å². The van der Waals surface area contributed by atoms with E-state index in [9.17, 15) is 13.2 Å². The first kappa shape index (κ1) is 17.7. The van der Waals surface area contributed by atoms with Gasteiger partial charge in [0.1, 0.15) is 0 Å². The SMILES string of the molecule is CN=C(NCC#Cc1cccc(C(F)(F)F)c1)N1CCC2(CCC2)C1. The predicted molar refractivity (Wildman–Crippen MR) is 92.2 cm³/mol. The van der Waals surface area contributed by atoms with Gasteiger partial charge in [-0.15, -0.1) is 0 Å². The minimum Gasteiger partial charge on any atom is -0.345 e. The average molecular weight is 349 g/mol. The Kier molecular flexibility index (Phi) is 4.94. The molecule has 2 fully saturated rings. The molecule has 0 radical (unpaired) electrons. The van der Waals surface area contributed by atoms with Gasteiger partial charge in [-0.3, -0.25) is 4.99 Å². The number of rotatable bonds is 1. The summed E-state index contributed by atoms with van der Waals surface area (Å²) in [5.41, 5.74) is 0.175. The molecule has 0 unspecified atom stereocenters. The van der Waals surface area contributed by atoms with Gasteiger partial charge in [0.2, 0.25) is 0 Å². The molecule has 0 atom stereocenters. The fraction of sp³-hybridized carbons (Fsp3) is 0.526. The molecular weight excluding hydrogens is 327 g/mol. The lowest BCUT2D eigenvalue weighted by molar-refractivity contribution is -0.137. The molecule has 1 aliphatic carbocycles. The van der Waals surface area contributed by atoms with Crippen LogP contribution in [0.5, 0.6) is 0 Å². The Labute approximate surface area is 146 Å². The molecule has 0 bridgehead atoms. The van der Waals surface area contributed by atoms with Gasteiger partial charge in [0.05, 0.1) is 12.1 Å². The predicted octanol–water partition coefficient (Wildman–Crippen LogP) is 3.51. The lowest BCUT2D eigenvalue weighted by Gasteiger charge is -2.38. The number of halogens is 3. The smallest absolute Gasteiger partial charge is 0.345 e. The average Bonchev–Trinajstić information content (AvgIpc) is 3.00. The minimum atomic E-state index is -4.34. The standard InChI is InChI=1S/C19H22F3N3/c1-23-17(25-12-10-18(14-25)8-4-9-18)24-11-3-6-15-5-2-7-16(13-15)19(20,21)22/h2,5,7,13H,4,8-12,14H2,1H3,(H,23,24). The highest BCUT2D eigenvalue weighted by atomic mass is 19.4. The van der Waals surface area contributed by atoms with Crippen LogP contribution in [0, 0.1) is 17.3 Å². The van der Waals surface area contributed by atoms with Crippen molar-refractivity contribution in [3.8, 4) is 11.8 Å². The highest BCUT2D eigenvalue weighted by Gasteiger charge is 2.43. The second-order valence-corrected chi connectivity index (χ2v) is 6.81. The van der Waals surface area contributed by atoms with E-state index in [0.717, 1.165) is 31.2 Å². The second-order valence-electron chi connectivity index (χ2n) is 6.81. The van der Waals surface area contributed by atoms with Crippen LogP contribution in [0.1, 0.15) is 36.8 Å². The molecule has 2 aliphatic rings. The Morgan fingerprint density at radius 3 is 2.72 bits per heavy atom. The summed E-state index contributed by atoms with van der Waals surface area (Å²) in [5, 5.41) is 3.19. The highest BCUT2D eigenvalue weighted by molar-refractivity contribution is 5.80. The summed E-state index contributed by atoms with van der Waals surface area (Å²) < 4.78 is 38.1. The molecular formula is C19H22F3N3. The number of alkyl halides is 3. The minimum absolute atomic E-state index is 0.354. The quantitative estimate of drug-likeness (QED) is 0.477. The maximum atomic E-state index is 12.7. The number of hydrogen-bond donors (Lipinski definition) is 1.